The summed E-state index contributed by atoms with van der Waals surface area (Å²) in [5.41, 5.74) is 2.41. The van der Waals surface area contributed by atoms with Crippen LogP contribution in [0.4, 0.5) is 0 Å². The van der Waals surface area contributed by atoms with Crippen LogP contribution in [0.5, 0.6) is 0 Å². The van der Waals surface area contributed by atoms with Crippen molar-refractivity contribution in [1.29, 1.82) is 0 Å². The standard InChI is InChI=1S/C9H12BNO2/c1-6-4-8(10(12)13)5-9(11-6)7-2-3-7/h4-5,7,12-13H,2-3H2,1H3. The van der Waals surface area contributed by atoms with E-state index in [2.05, 4.69) is 4.98 Å². The molecule has 1 aromatic heterocycles. The minimum atomic E-state index is -1.38. The molecule has 3 nitrogen and oxygen atoms in total. The molecule has 13 heavy (non-hydrogen) atoms. The highest BCUT2D eigenvalue weighted by atomic mass is 16.4. The summed E-state index contributed by atoms with van der Waals surface area (Å²) < 4.78 is 0. The lowest BCUT2D eigenvalue weighted by atomic mass is 9.80. The molecule has 68 valence electrons. The summed E-state index contributed by atoms with van der Waals surface area (Å²) in [6, 6.07) is 3.49. The third-order valence-electron chi connectivity index (χ3n) is 2.29. The van der Waals surface area contributed by atoms with Gasteiger partial charge in [-0.1, -0.05) is 0 Å². The molecule has 1 heterocycles. The Kier molecular flexibility index (Phi) is 2.10. The van der Waals surface area contributed by atoms with E-state index in [0.717, 1.165) is 11.4 Å². The highest BCUT2D eigenvalue weighted by Gasteiger charge is 2.26. The van der Waals surface area contributed by atoms with Crippen molar-refractivity contribution in [3.8, 4) is 0 Å². The summed E-state index contributed by atoms with van der Waals surface area (Å²) in [5.74, 6) is 0.553. The van der Waals surface area contributed by atoms with Crippen molar-refractivity contribution in [3.63, 3.8) is 0 Å². The number of aryl methyl sites for hydroxylation is 1. The van der Waals surface area contributed by atoms with Gasteiger partial charge in [0.25, 0.3) is 0 Å². The van der Waals surface area contributed by atoms with Crippen LogP contribution in [0.3, 0.4) is 0 Å². The molecule has 1 fully saturated rings. The number of rotatable bonds is 2. The first kappa shape index (κ1) is 8.72. The lowest BCUT2D eigenvalue weighted by Crippen LogP contribution is -2.30. The van der Waals surface area contributed by atoms with Gasteiger partial charge in [0.05, 0.1) is 0 Å². The monoisotopic (exact) mass is 177 g/mol. The second kappa shape index (κ2) is 3.12. The smallest absolute Gasteiger partial charge is 0.423 e. The van der Waals surface area contributed by atoms with Gasteiger partial charge in [-0.25, -0.2) is 0 Å². The van der Waals surface area contributed by atoms with Crippen LogP contribution in [-0.4, -0.2) is 22.2 Å². The van der Waals surface area contributed by atoms with E-state index in [1.54, 1.807) is 12.1 Å². The fraction of sp³-hybridized carbons (Fsp3) is 0.444. The van der Waals surface area contributed by atoms with E-state index >= 15 is 0 Å². The van der Waals surface area contributed by atoms with Crippen LogP contribution < -0.4 is 5.46 Å². The van der Waals surface area contributed by atoms with Crippen molar-refractivity contribution in [3.05, 3.63) is 23.5 Å². The summed E-state index contributed by atoms with van der Waals surface area (Å²) in [5, 5.41) is 18.0. The fourth-order valence-corrected chi connectivity index (χ4v) is 1.46. The first-order valence-electron chi connectivity index (χ1n) is 4.51. The molecule has 1 aliphatic rings. The van der Waals surface area contributed by atoms with Crippen LogP contribution in [0, 0.1) is 6.92 Å². The molecule has 0 spiro atoms. The Morgan fingerprint density at radius 1 is 1.38 bits per heavy atom. The number of hydrogen-bond donors (Lipinski definition) is 2. The first-order chi connectivity index (χ1) is 6.16. The number of nitrogens with zero attached hydrogens (tertiary/aromatic N) is 1. The third-order valence-corrected chi connectivity index (χ3v) is 2.29. The SMILES string of the molecule is Cc1cc(B(O)O)cc(C2CC2)n1. The van der Waals surface area contributed by atoms with Crippen molar-refractivity contribution >= 4 is 12.6 Å². The van der Waals surface area contributed by atoms with E-state index in [-0.39, 0.29) is 0 Å². The van der Waals surface area contributed by atoms with Crippen LogP contribution in [0.25, 0.3) is 0 Å². The van der Waals surface area contributed by atoms with E-state index in [4.69, 9.17) is 10.0 Å². The van der Waals surface area contributed by atoms with E-state index in [0.29, 0.717) is 11.4 Å². The predicted molar refractivity (Wildman–Crippen MR) is 50.8 cm³/mol. The van der Waals surface area contributed by atoms with E-state index in [1.807, 2.05) is 6.92 Å². The van der Waals surface area contributed by atoms with Crippen molar-refractivity contribution in [1.82, 2.24) is 4.98 Å². The Balaban J connectivity index is 2.36. The van der Waals surface area contributed by atoms with Crippen LogP contribution in [0.1, 0.15) is 30.1 Å². The molecule has 0 saturated heterocycles. The Morgan fingerprint density at radius 2 is 2.08 bits per heavy atom. The molecule has 0 atom stereocenters. The summed E-state index contributed by atoms with van der Waals surface area (Å²) >= 11 is 0. The van der Waals surface area contributed by atoms with Gasteiger partial charge in [-0.05, 0) is 37.4 Å². The van der Waals surface area contributed by atoms with Gasteiger partial charge in [0.2, 0.25) is 0 Å². The number of aromatic nitrogens is 1. The molecule has 4 heteroatoms. The largest absolute Gasteiger partial charge is 0.488 e. The van der Waals surface area contributed by atoms with Gasteiger partial charge >= 0.3 is 7.12 Å². The molecule has 0 aromatic carbocycles. The maximum Gasteiger partial charge on any atom is 0.488 e. The highest BCUT2D eigenvalue weighted by molar-refractivity contribution is 6.58. The van der Waals surface area contributed by atoms with Gasteiger partial charge in [0, 0.05) is 17.3 Å². The maximum absolute atomic E-state index is 9.00. The predicted octanol–water partition coefficient (Wildman–Crippen LogP) is -0.0528. The van der Waals surface area contributed by atoms with Crippen LogP contribution in [0.15, 0.2) is 12.1 Å². The van der Waals surface area contributed by atoms with E-state index < -0.39 is 7.12 Å². The zero-order valence-corrected chi connectivity index (χ0v) is 7.57. The van der Waals surface area contributed by atoms with Gasteiger partial charge < -0.3 is 10.0 Å². The second-order valence-corrected chi connectivity index (χ2v) is 3.61. The third kappa shape index (κ3) is 1.90. The summed E-state index contributed by atoms with van der Waals surface area (Å²) in [4.78, 5) is 4.36. The quantitative estimate of drug-likeness (QED) is 0.622. The second-order valence-electron chi connectivity index (χ2n) is 3.61. The topological polar surface area (TPSA) is 53.4 Å². The van der Waals surface area contributed by atoms with Gasteiger partial charge in [-0.3, -0.25) is 4.98 Å². The Morgan fingerprint density at radius 3 is 2.62 bits per heavy atom. The average molecular weight is 177 g/mol. The summed E-state index contributed by atoms with van der Waals surface area (Å²) in [7, 11) is -1.38. The summed E-state index contributed by atoms with van der Waals surface area (Å²) in [6.07, 6.45) is 2.36. The molecule has 1 aromatic rings. The van der Waals surface area contributed by atoms with Gasteiger partial charge in [-0.15, -0.1) is 0 Å². The normalized spacial score (nSPS) is 15.9. The average Bonchev–Trinajstić information content (AvgIpc) is 2.85. The Hall–Kier alpha value is -0.865. The number of hydrogen-bond acceptors (Lipinski definition) is 3. The summed E-state index contributed by atoms with van der Waals surface area (Å²) in [6.45, 7) is 1.87. The van der Waals surface area contributed by atoms with Gasteiger partial charge in [0.15, 0.2) is 0 Å². The van der Waals surface area contributed by atoms with E-state index in [1.165, 1.54) is 12.8 Å². The molecule has 0 bridgehead atoms. The maximum atomic E-state index is 9.00. The zero-order valence-electron chi connectivity index (χ0n) is 7.57. The van der Waals surface area contributed by atoms with Gasteiger partial charge in [0.1, 0.15) is 0 Å². The lowest BCUT2D eigenvalue weighted by molar-refractivity contribution is 0.425. The van der Waals surface area contributed by atoms with E-state index in [9.17, 15) is 0 Å². The molecule has 1 saturated carbocycles. The van der Waals surface area contributed by atoms with Crippen LogP contribution in [0.2, 0.25) is 0 Å². The molecule has 0 unspecified atom stereocenters. The Bertz CT molecular complexity index is 303. The highest BCUT2D eigenvalue weighted by Crippen LogP contribution is 2.38. The minimum Gasteiger partial charge on any atom is -0.423 e. The minimum absolute atomic E-state index is 0.550. The molecule has 2 rings (SSSR count). The van der Waals surface area contributed by atoms with Crippen molar-refractivity contribution in [2.24, 2.45) is 0 Å². The molecular formula is C9H12BNO2. The van der Waals surface area contributed by atoms with Crippen LogP contribution in [-0.2, 0) is 0 Å². The Labute approximate surface area is 77.6 Å². The van der Waals surface area contributed by atoms with Crippen LogP contribution >= 0.6 is 0 Å². The van der Waals surface area contributed by atoms with Gasteiger partial charge in [-0.2, -0.15) is 0 Å². The van der Waals surface area contributed by atoms with Crippen molar-refractivity contribution in [2.75, 3.05) is 0 Å². The molecular weight excluding hydrogens is 165 g/mol. The van der Waals surface area contributed by atoms with Crippen molar-refractivity contribution < 1.29 is 10.0 Å². The lowest BCUT2D eigenvalue weighted by Gasteiger charge is -2.04. The number of pyridine rings is 1. The zero-order chi connectivity index (χ0) is 9.42. The first-order valence-corrected chi connectivity index (χ1v) is 4.51. The molecule has 1 aliphatic carbocycles. The molecule has 0 radical (unpaired) electrons. The molecule has 2 N–H and O–H groups in total. The molecule has 0 amide bonds. The fourth-order valence-electron chi connectivity index (χ4n) is 1.46. The van der Waals surface area contributed by atoms with Crippen molar-refractivity contribution in [2.45, 2.75) is 25.7 Å². The molecule has 0 aliphatic heterocycles.